The van der Waals surface area contributed by atoms with E-state index in [0.29, 0.717) is 19.3 Å². The van der Waals surface area contributed by atoms with Gasteiger partial charge in [-0.3, -0.25) is 30.4 Å². The first-order valence-corrected chi connectivity index (χ1v) is 11.0. The lowest BCUT2D eigenvalue weighted by molar-refractivity contribution is -0.139. The van der Waals surface area contributed by atoms with E-state index < -0.39 is 23.3 Å². The molecular weight excluding hydrogens is 386 g/mol. The van der Waals surface area contributed by atoms with Crippen molar-refractivity contribution < 1.29 is 19.2 Å². The zero-order valence-electron chi connectivity index (χ0n) is 18.9. The number of Topliss-reactive ketones (excluding diaryl/α,β-unsaturated/α-hetero) is 4. The molecular formula is C21H41N5O4. The summed E-state index contributed by atoms with van der Waals surface area (Å²) >= 11 is 0. The molecule has 0 spiro atoms. The van der Waals surface area contributed by atoms with Crippen molar-refractivity contribution in [2.75, 3.05) is 46.8 Å². The molecule has 2 unspecified atom stereocenters. The number of nitrogens with two attached hydrogens (primary N) is 1. The molecule has 0 aromatic rings. The Morgan fingerprint density at radius 1 is 0.767 bits per heavy atom. The molecule has 6 N–H and O–H groups in total. The van der Waals surface area contributed by atoms with Gasteiger partial charge in [-0.15, -0.1) is 0 Å². The Labute approximate surface area is 180 Å². The SMILES string of the molecule is CCC(CCCCNC)C(=O)C(=O)CNCC(CCCCNC)C(=O)C(=O)CNN. The summed E-state index contributed by atoms with van der Waals surface area (Å²) in [5.41, 5.74) is 2.21. The molecule has 9 heteroatoms. The monoisotopic (exact) mass is 427 g/mol. The molecule has 0 rings (SSSR count). The minimum Gasteiger partial charge on any atom is -0.320 e. The summed E-state index contributed by atoms with van der Waals surface area (Å²) in [6.07, 6.45) is 5.40. The van der Waals surface area contributed by atoms with Crippen LogP contribution in [0.1, 0.15) is 51.9 Å². The fraction of sp³-hybridized carbons (Fsp3) is 0.810. The number of hydrogen-bond acceptors (Lipinski definition) is 9. The third-order valence-corrected chi connectivity index (χ3v) is 5.18. The number of rotatable bonds is 21. The van der Waals surface area contributed by atoms with Gasteiger partial charge in [0.15, 0.2) is 0 Å². The minimum absolute atomic E-state index is 0.116. The van der Waals surface area contributed by atoms with Crippen LogP contribution < -0.4 is 27.2 Å². The molecule has 0 bridgehead atoms. The van der Waals surface area contributed by atoms with E-state index in [-0.39, 0.29) is 31.3 Å². The molecule has 9 nitrogen and oxygen atoms in total. The zero-order valence-corrected chi connectivity index (χ0v) is 18.9. The molecule has 0 aliphatic rings. The summed E-state index contributed by atoms with van der Waals surface area (Å²) < 4.78 is 0. The van der Waals surface area contributed by atoms with Crippen LogP contribution >= 0.6 is 0 Å². The van der Waals surface area contributed by atoms with Crippen molar-refractivity contribution >= 4 is 23.1 Å². The molecule has 2 atom stereocenters. The first kappa shape index (κ1) is 28.5. The van der Waals surface area contributed by atoms with Crippen LogP contribution in [0.2, 0.25) is 0 Å². The highest BCUT2D eigenvalue weighted by Crippen LogP contribution is 2.14. The molecule has 0 fully saturated rings. The van der Waals surface area contributed by atoms with Crippen molar-refractivity contribution in [3.63, 3.8) is 0 Å². The quantitative estimate of drug-likeness (QED) is 0.0724. The second kappa shape index (κ2) is 18.3. The largest absolute Gasteiger partial charge is 0.320 e. The highest BCUT2D eigenvalue weighted by atomic mass is 16.2. The van der Waals surface area contributed by atoms with Gasteiger partial charge in [0.05, 0.1) is 13.1 Å². The van der Waals surface area contributed by atoms with Gasteiger partial charge in [-0.2, -0.15) is 0 Å². The summed E-state index contributed by atoms with van der Waals surface area (Å²) in [6.45, 7) is 3.49. The molecule has 0 saturated carbocycles. The van der Waals surface area contributed by atoms with Crippen molar-refractivity contribution in [1.82, 2.24) is 21.4 Å². The Morgan fingerprint density at radius 3 is 1.77 bits per heavy atom. The van der Waals surface area contributed by atoms with E-state index in [2.05, 4.69) is 21.4 Å². The third-order valence-electron chi connectivity index (χ3n) is 5.18. The molecule has 174 valence electrons. The predicted octanol–water partition coefficient (Wildman–Crippen LogP) is -0.262. The van der Waals surface area contributed by atoms with Crippen LogP contribution in [0.5, 0.6) is 0 Å². The van der Waals surface area contributed by atoms with E-state index in [9.17, 15) is 19.2 Å². The van der Waals surface area contributed by atoms with Crippen molar-refractivity contribution in [2.45, 2.75) is 51.9 Å². The van der Waals surface area contributed by atoms with Gasteiger partial charge in [0.25, 0.3) is 0 Å². The number of carbonyl (C=O) groups is 4. The molecule has 0 aromatic carbocycles. The fourth-order valence-electron chi connectivity index (χ4n) is 3.31. The number of carbonyl (C=O) groups excluding carboxylic acids is 4. The molecule has 0 heterocycles. The van der Waals surface area contributed by atoms with Gasteiger partial charge in [-0.05, 0) is 59.3 Å². The van der Waals surface area contributed by atoms with E-state index in [0.717, 1.165) is 38.8 Å². The number of hydrogen-bond donors (Lipinski definition) is 5. The van der Waals surface area contributed by atoms with Gasteiger partial charge in [-0.25, -0.2) is 0 Å². The molecule has 0 aliphatic heterocycles. The lowest BCUT2D eigenvalue weighted by Gasteiger charge is -2.17. The van der Waals surface area contributed by atoms with Crippen LogP contribution in [0, 0.1) is 11.8 Å². The highest BCUT2D eigenvalue weighted by molar-refractivity contribution is 6.39. The molecule has 0 saturated heterocycles. The van der Waals surface area contributed by atoms with E-state index >= 15 is 0 Å². The van der Waals surface area contributed by atoms with Gasteiger partial charge < -0.3 is 16.0 Å². The van der Waals surface area contributed by atoms with Crippen LogP contribution in [0.15, 0.2) is 0 Å². The number of unbranched alkanes of at least 4 members (excludes halogenated alkanes) is 2. The van der Waals surface area contributed by atoms with E-state index in [1.807, 2.05) is 21.0 Å². The van der Waals surface area contributed by atoms with Crippen molar-refractivity contribution in [2.24, 2.45) is 17.7 Å². The van der Waals surface area contributed by atoms with Gasteiger partial charge >= 0.3 is 0 Å². The summed E-state index contributed by atoms with van der Waals surface area (Å²) in [6, 6.07) is 0. The van der Waals surface area contributed by atoms with Gasteiger partial charge in [0.2, 0.25) is 23.1 Å². The minimum atomic E-state index is -0.576. The predicted molar refractivity (Wildman–Crippen MR) is 118 cm³/mol. The second-order valence-electron chi connectivity index (χ2n) is 7.59. The van der Waals surface area contributed by atoms with Crippen molar-refractivity contribution in [3.05, 3.63) is 0 Å². The number of ketones is 4. The van der Waals surface area contributed by atoms with Crippen LogP contribution in [0.4, 0.5) is 0 Å². The maximum absolute atomic E-state index is 12.4. The Bertz CT molecular complexity index is 528. The van der Waals surface area contributed by atoms with Crippen LogP contribution in [0.25, 0.3) is 0 Å². The number of hydrazine groups is 1. The first-order valence-electron chi connectivity index (χ1n) is 11.0. The van der Waals surface area contributed by atoms with Crippen LogP contribution in [0.3, 0.4) is 0 Å². The Balaban J connectivity index is 4.61. The molecule has 0 aliphatic carbocycles. The van der Waals surface area contributed by atoms with Gasteiger partial charge in [-0.1, -0.05) is 19.8 Å². The lowest BCUT2D eigenvalue weighted by Crippen LogP contribution is -2.41. The van der Waals surface area contributed by atoms with Gasteiger partial charge in [0, 0.05) is 18.4 Å². The van der Waals surface area contributed by atoms with Crippen molar-refractivity contribution in [1.29, 1.82) is 0 Å². The average molecular weight is 428 g/mol. The number of nitrogens with one attached hydrogen (secondary N) is 4. The Kier molecular flexibility index (Phi) is 17.3. The molecule has 0 radical (unpaired) electrons. The Hall–Kier alpha value is -1.52. The first-order chi connectivity index (χ1) is 14.4. The fourth-order valence-corrected chi connectivity index (χ4v) is 3.31. The van der Waals surface area contributed by atoms with Crippen LogP contribution in [-0.2, 0) is 19.2 Å². The Morgan fingerprint density at radius 2 is 1.27 bits per heavy atom. The summed E-state index contributed by atoms with van der Waals surface area (Å²) in [7, 11) is 3.74. The van der Waals surface area contributed by atoms with Crippen molar-refractivity contribution in [3.8, 4) is 0 Å². The zero-order chi connectivity index (χ0) is 22.8. The van der Waals surface area contributed by atoms with E-state index in [1.54, 1.807) is 0 Å². The maximum atomic E-state index is 12.4. The maximum Gasteiger partial charge on any atom is 0.213 e. The highest BCUT2D eigenvalue weighted by Gasteiger charge is 2.26. The third kappa shape index (κ3) is 12.2. The smallest absolute Gasteiger partial charge is 0.213 e. The second-order valence-corrected chi connectivity index (χ2v) is 7.59. The summed E-state index contributed by atoms with van der Waals surface area (Å²) in [4.78, 5) is 49.0. The van der Waals surface area contributed by atoms with E-state index in [4.69, 9.17) is 5.84 Å². The van der Waals surface area contributed by atoms with E-state index in [1.165, 1.54) is 0 Å². The summed E-state index contributed by atoms with van der Waals surface area (Å²) in [5.74, 6) is 2.46. The average Bonchev–Trinajstić information content (AvgIpc) is 2.74. The lowest BCUT2D eigenvalue weighted by atomic mass is 9.92. The molecule has 30 heavy (non-hydrogen) atoms. The van der Waals surface area contributed by atoms with Crippen LogP contribution in [-0.4, -0.2) is 70.0 Å². The summed E-state index contributed by atoms with van der Waals surface area (Å²) in [5, 5.41) is 9.03. The normalized spacial score (nSPS) is 13.1. The van der Waals surface area contributed by atoms with Gasteiger partial charge in [0.1, 0.15) is 0 Å². The standard InChI is InChI=1S/C21H41N5O4/c1-4-16(9-5-7-11-23-2)20(29)18(27)14-25-13-17(10-6-8-12-24-3)21(30)19(28)15-26-22/h16-17,23-26H,4-15,22H2,1-3H3. The molecule has 0 amide bonds. The topological polar surface area (TPSA) is 142 Å². The molecule has 0 aromatic heterocycles.